The summed E-state index contributed by atoms with van der Waals surface area (Å²) in [5, 5.41) is 2.98. The fourth-order valence-corrected chi connectivity index (χ4v) is 3.57. The van der Waals surface area contributed by atoms with Gasteiger partial charge in [-0.25, -0.2) is 4.90 Å². The average Bonchev–Trinajstić information content (AvgIpc) is 3.00. The Labute approximate surface area is 169 Å². The molecule has 0 bridgehead atoms. The van der Waals surface area contributed by atoms with Crippen molar-refractivity contribution < 1.29 is 14.4 Å². The van der Waals surface area contributed by atoms with Crippen molar-refractivity contribution in [1.82, 2.24) is 0 Å². The van der Waals surface area contributed by atoms with Gasteiger partial charge in [-0.2, -0.15) is 0 Å². The van der Waals surface area contributed by atoms with Crippen LogP contribution in [-0.2, 0) is 6.42 Å². The van der Waals surface area contributed by atoms with Crippen LogP contribution >= 0.6 is 0 Å². The number of benzene rings is 3. The van der Waals surface area contributed by atoms with Crippen molar-refractivity contribution in [1.29, 1.82) is 0 Å². The normalized spacial score (nSPS) is 12.8. The Balaban J connectivity index is 1.57. The predicted molar refractivity (Wildman–Crippen MR) is 113 cm³/mol. The van der Waals surface area contributed by atoms with Gasteiger partial charge < -0.3 is 5.32 Å². The highest BCUT2D eigenvalue weighted by Crippen LogP contribution is 2.28. The van der Waals surface area contributed by atoms with Crippen LogP contribution in [0.2, 0.25) is 0 Å². The molecule has 0 unspecified atom stereocenters. The Bertz CT molecular complexity index is 1100. The van der Waals surface area contributed by atoms with Gasteiger partial charge in [0.05, 0.1) is 16.8 Å². The van der Waals surface area contributed by atoms with Crippen molar-refractivity contribution in [2.75, 3.05) is 10.2 Å². The molecule has 1 aliphatic rings. The SMILES string of the molecule is CCc1cccc(C)c1NC(=O)c1ccc(N2C(=O)c3ccccc3C2=O)cc1. The number of nitrogens with one attached hydrogen (secondary N) is 1. The van der Waals surface area contributed by atoms with E-state index in [2.05, 4.69) is 5.32 Å². The predicted octanol–water partition coefficient (Wildman–Crippen LogP) is 4.61. The first-order chi connectivity index (χ1) is 14.0. The van der Waals surface area contributed by atoms with Crippen LogP contribution in [0.15, 0.2) is 66.7 Å². The number of carbonyl (C=O) groups excluding carboxylic acids is 3. The lowest BCUT2D eigenvalue weighted by atomic mass is 10.1. The Morgan fingerprint density at radius 1 is 0.862 bits per heavy atom. The van der Waals surface area contributed by atoms with E-state index in [9.17, 15) is 14.4 Å². The first kappa shape index (κ1) is 18.6. The fourth-order valence-electron chi connectivity index (χ4n) is 3.57. The molecule has 5 heteroatoms. The van der Waals surface area contributed by atoms with Crippen LogP contribution in [0.25, 0.3) is 0 Å². The Morgan fingerprint density at radius 2 is 1.48 bits per heavy atom. The van der Waals surface area contributed by atoms with Crippen LogP contribution in [-0.4, -0.2) is 17.7 Å². The molecule has 144 valence electrons. The van der Waals surface area contributed by atoms with Gasteiger partial charge in [0.15, 0.2) is 0 Å². The molecule has 0 aromatic heterocycles. The van der Waals surface area contributed by atoms with Gasteiger partial charge in [-0.15, -0.1) is 0 Å². The Morgan fingerprint density at radius 3 is 2.07 bits per heavy atom. The number of nitrogens with zero attached hydrogens (tertiary/aromatic N) is 1. The minimum Gasteiger partial charge on any atom is -0.321 e. The molecule has 0 saturated heterocycles. The summed E-state index contributed by atoms with van der Waals surface area (Å²) in [6, 6.07) is 19.2. The highest BCUT2D eigenvalue weighted by molar-refractivity contribution is 6.34. The minimum atomic E-state index is -0.352. The Kier molecular flexibility index (Phi) is 4.72. The maximum absolute atomic E-state index is 12.7. The summed E-state index contributed by atoms with van der Waals surface area (Å²) in [5.41, 5.74) is 4.58. The maximum Gasteiger partial charge on any atom is 0.266 e. The van der Waals surface area contributed by atoms with E-state index in [-0.39, 0.29) is 17.7 Å². The lowest BCUT2D eigenvalue weighted by Crippen LogP contribution is -2.29. The summed E-state index contributed by atoms with van der Waals surface area (Å²) in [6.45, 7) is 4.00. The van der Waals surface area contributed by atoms with Gasteiger partial charge in [-0.05, 0) is 60.9 Å². The first-order valence-corrected chi connectivity index (χ1v) is 9.49. The highest BCUT2D eigenvalue weighted by atomic mass is 16.2. The molecule has 3 aromatic carbocycles. The topological polar surface area (TPSA) is 66.5 Å². The van der Waals surface area contributed by atoms with E-state index in [1.54, 1.807) is 48.5 Å². The molecule has 1 aliphatic heterocycles. The van der Waals surface area contributed by atoms with Crippen LogP contribution < -0.4 is 10.2 Å². The van der Waals surface area contributed by atoms with Gasteiger partial charge in [-0.3, -0.25) is 14.4 Å². The van der Waals surface area contributed by atoms with Crippen molar-refractivity contribution >= 4 is 29.1 Å². The van der Waals surface area contributed by atoms with Gasteiger partial charge in [0.2, 0.25) is 0 Å². The van der Waals surface area contributed by atoms with E-state index in [1.165, 1.54) is 0 Å². The second-order valence-corrected chi connectivity index (χ2v) is 6.95. The van der Waals surface area contributed by atoms with Gasteiger partial charge in [0, 0.05) is 11.3 Å². The molecule has 3 aromatic rings. The van der Waals surface area contributed by atoms with Crippen LogP contribution in [0, 0.1) is 6.92 Å². The number of imide groups is 1. The number of anilines is 2. The van der Waals surface area contributed by atoms with E-state index in [1.807, 2.05) is 32.0 Å². The number of rotatable bonds is 4. The molecule has 0 atom stereocenters. The molecule has 0 radical (unpaired) electrons. The molecular weight excluding hydrogens is 364 g/mol. The standard InChI is InChI=1S/C24H20N2O3/c1-3-16-8-6-7-15(2)21(16)25-22(27)17-11-13-18(14-12-17)26-23(28)19-9-4-5-10-20(19)24(26)29/h4-14H,3H2,1-2H3,(H,25,27). The molecule has 4 rings (SSSR count). The molecular formula is C24H20N2O3. The largest absolute Gasteiger partial charge is 0.321 e. The second-order valence-electron chi connectivity index (χ2n) is 6.95. The molecule has 29 heavy (non-hydrogen) atoms. The molecule has 1 heterocycles. The van der Waals surface area contributed by atoms with Gasteiger partial charge in [0.25, 0.3) is 17.7 Å². The lowest BCUT2D eigenvalue weighted by Gasteiger charge is -2.15. The third kappa shape index (κ3) is 3.21. The Hall–Kier alpha value is -3.73. The molecule has 0 saturated carbocycles. The molecule has 0 aliphatic carbocycles. The van der Waals surface area contributed by atoms with Crippen molar-refractivity contribution in [2.24, 2.45) is 0 Å². The summed E-state index contributed by atoms with van der Waals surface area (Å²) in [7, 11) is 0. The first-order valence-electron chi connectivity index (χ1n) is 9.49. The number of hydrogen-bond acceptors (Lipinski definition) is 3. The number of para-hydroxylation sites is 1. The van der Waals surface area contributed by atoms with Crippen LogP contribution in [0.5, 0.6) is 0 Å². The summed E-state index contributed by atoms with van der Waals surface area (Å²) in [5.74, 6) is -0.937. The lowest BCUT2D eigenvalue weighted by molar-refractivity contribution is 0.0925. The zero-order chi connectivity index (χ0) is 20.5. The van der Waals surface area contributed by atoms with Gasteiger partial charge >= 0.3 is 0 Å². The number of fused-ring (bicyclic) bond motifs is 1. The molecule has 1 N–H and O–H groups in total. The van der Waals surface area contributed by atoms with E-state index in [0.29, 0.717) is 22.4 Å². The smallest absolute Gasteiger partial charge is 0.266 e. The third-order valence-electron chi connectivity index (χ3n) is 5.16. The molecule has 0 fully saturated rings. The fraction of sp³-hybridized carbons (Fsp3) is 0.125. The van der Waals surface area contributed by atoms with E-state index in [4.69, 9.17) is 0 Å². The summed E-state index contributed by atoms with van der Waals surface area (Å²) < 4.78 is 0. The van der Waals surface area contributed by atoms with Crippen LogP contribution in [0.3, 0.4) is 0 Å². The average molecular weight is 384 g/mol. The second kappa shape index (κ2) is 7.36. The third-order valence-corrected chi connectivity index (χ3v) is 5.16. The van der Waals surface area contributed by atoms with Crippen molar-refractivity contribution in [3.05, 3.63) is 94.5 Å². The number of aryl methyl sites for hydroxylation is 2. The zero-order valence-electron chi connectivity index (χ0n) is 16.2. The molecule has 0 spiro atoms. The van der Waals surface area contributed by atoms with Crippen molar-refractivity contribution in [3.8, 4) is 0 Å². The molecule has 3 amide bonds. The summed E-state index contributed by atoms with van der Waals surface area (Å²) in [4.78, 5) is 39.1. The summed E-state index contributed by atoms with van der Waals surface area (Å²) >= 11 is 0. The van der Waals surface area contributed by atoms with Gasteiger partial charge in [-0.1, -0.05) is 37.3 Å². The van der Waals surface area contributed by atoms with Crippen molar-refractivity contribution in [3.63, 3.8) is 0 Å². The highest BCUT2D eigenvalue weighted by Gasteiger charge is 2.36. The quantitative estimate of drug-likeness (QED) is 0.668. The van der Waals surface area contributed by atoms with Crippen molar-refractivity contribution in [2.45, 2.75) is 20.3 Å². The number of carbonyl (C=O) groups is 3. The minimum absolute atomic E-state index is 0.233. The van der Waals surface area contributed by atoms with E-state index >= 15 is 0 Å². The number of amides is 3. The summed E-state index contributed by atoms with van der Waals surface area (Å²) in [6.07, 6.45) is 0.815. The van der Waals surface area contributed by atoms with Crippen LogP contribution in [0.4, 0.5) is 11.4 Å². The monoisotopic (exact) mass is 384 g/mol. The maximum atomic E-state index is 12.7. The van der Waals surface area contributed by atoms with Crippen LogP contribution in [0.1, 0.15) is 49.1 Å². The van der Waals surface area contributed by atoms with E-state index < -0.39 is 0 Å². The number of hydrogen-bond donors (Lipinski definition) is 1. The molecule has 5 nitrogen and oxygen atoms in total. The zero-order valence-corrected chi connectivity index (χ0v) is 16.2. The van der Waals surface area contributed by atoms with E-state index in [0.717, 1.165) is 28.1 Å². The van der Waals surface area contributed by atoms with Gasteiger partial charge in [0.1, 0.15) is 0 Å².